The van der Waals surface area contributed by atoms with Crippen molar-refractivity contribution in [3.63, 3.8) is 0 Å². The summed E-state index contributed by atoms with van der Waals surface area (Å²) in [5, 5.41) is 7.64. The van der Waals surface area contributed by atoms with Gasteiger partial charge in [-0.2, -0.15) is 5.10 Å². The van der Waals surface area contributed by atoms with Gasteiger partial charge in [0.1, 0.15) is 0 Å². The summed E-state index contributed by atoms with van der Waals surface area (Å²) in [6.45, 7) is 2.48. The largest absolute Gasteiger partial charge is 0.493 e. The highest BCUT2D eigenvalue weighted by atomic mass is 35.5. The second kappa shape index (κ2) is 8.69. The van der Waals surface area contributed by atoms with Crippen molar-refractivity contribution in [1.29, 1.82) is 0 Å². The number of nitrogens with one attached hydrogen (secondary N) is 1. The van der Waals surface area contributed by atoms with E-state index in [9.17, 15) is 0 Å². The van der Waals surface area contributed by atoms with E-state index in [1.165, 1.54) is 11.3 Å². The average molecular weight is 388 g/mol. The molecule has 3 aromatic rings. The van der Waals surface area contributed by atoms with Crippen molar-refractivity contribution in [3.05, 3.63) is 58.4 Å². The first kappa shape index (κ1) is 18.2. The van der Waals surface area contributed by atoms with Crippen LogP contribution in [0.2, 0.25) is 5.02 Å². The van der Waals surface area contributed by atoms with Gasteiger partial charge in [0.25, 0.3) is 0 Å². The molecule has 0 spiro atoms. The molecule has 0 saturated heterocycles. The van der Waals surface area contributed by atoms with E-state index in [2.05, 4.69) is 15.5 Å². The smallest absolute Gasteiger partial charge is 0.203 e. The summed E-state index contributed by atoms with van der Waals surface area (Å²) in [6, 6.07) is 13.2. The molecule has 7 heteroatoms. The van der Waals surface area contributed by atoms with Crippen LogP contribution in [0.3, 0.4) is 0 Å². The quantitative estimate of drug-likeness (QED) is 0.440. The predicted octanol–water partition coefficient (Wildman–Crippen LogP) is 5.32. The zero-order valence-electron chi connectivity index (χ0n) is 14.4. The third-order valence-corrected chi connectivity index (χ3v) is 4.52. The van der Waals surface area contributed by atoms with Crippen molar-refractivity contribution < 1.29 is 9.47 Å². The van der Waals surface area contributed by atoms with E-state index in [1.54, 1.807) is 13.3 Å². The van der Waals surface area contributed by atoms with E-state index in [0.29, 0.717) is 28.3 Å². The Labute approximate surface area is 161 Å². The molecule has 1 N–H and O–H groups in total. The van der Waals surface area contributed by atoms with Gasteiger partial charge in [-0.15, -0.1) is 11.3 Å². The minimum Gasteiger partial charge on any atom is -0.493 e. The zero-order chi connectivity index (χ0) is 18.4. The van der Waals surface area contributed by atoms with Crippen molar-refractivity contribution in [3.8, 4) is 22.8 Å². The summed E-state index contributed by atoms with van der Waals surface area (Å²) >= 11 is 7.40. The van der Waals surface area contributed by atoms with Crippen LogP contribution < -0.4 is 14.9 Å². The van der Waals surface area contributed by atoms with Crippen LogP contribution in [0, 0.1) is 0 Å². The van der Waals surface area contributed by atoms with Gasteiger partial charge in [-0.25, -0.2) is 4.98 Å². The Kier molecular flexibility index (Phi) is 6.09. The summed E-state index contributed by atoms with van der Waals surface area (Å²) in [7, 11) is 1.62. The van der Waals surface area contributed by atoms with Crippen LogP contribution in [0.1, 0.15) is 12.5 Å². The second-order valence-electron chi connectivity index (χ2n) is 5.23. The number of hydrogen-bond acceptors (Lipinski definition) is 6. The molecule has 1 aromatic heterocycles. The second-order valence-corrected chi connectivity index (χ2v) is 6.52. The lowest BCUT2D eigenvalue weighted by atomic mass is 10.2. The van der Waals surface area contributed by atoms with Gasteiger partial charge in [-0.05, 0) is 31.2 Å². The number of thiazole rings is 1. The molecule has 5 nitrogen and oxygen atoms in total. The fourth-order valence-electron chi connectivity index (χ4n) is 2.33. The number of aromatic nitrogens is 1. The fraction of sp³-hybridized carbons (Fsp3) is 0.158. The summed E-state index contributed by atoms with van der Waals surface area (Å²) < 4.78 is 11.0. The van der Waals surface area contributed by atoms with E-state index in [4.69, 9.17) is 21.1 Å². The summed E-state index contributed by atoms with van der Waals surface area (Å²) in [5.41, 5.74) is 5.67. The van der Waals surface area contributed by atoms with E-state index >= 15 is 0 Å². The molecule has 134 valence electrons. The normalized spacial score (nSPS) is 10.9. The molecule has 26 heavy (non-hydrogen) atoms. The molecule has 0 unspecified atom stereocenters. The van der Waals surface area contributed by atoms with Gasteiger partial charge in [-0.3, -0.25) is 5.43 Å². The first-order chi connectivity index (χ1) is 12.7. The lowest BCUT2D eigenvalue weighted by molar-refractivity contribution is 0.310. The van der Waals surface area contributed by atoms with Gasteiger partial charge in [-0.1, -0.05) is 29.8 Å². The van der Waals surface area contributed by atoms with Crippen LogP contribution in [-0.4, -0.2) is 24.9 Å². The Morgan fingerprint density at radius 1 is 1.23 bits per heavy atom. The predicted molar refractivity (Wildman–Crippen MR) is 108 cm³/mol. The minimum atomic E-state index is 0.547. The lowest BCUT2D eigenvalue weighted by Crippen LogP contribution is -2.00. The number of ether oxygens (including phenoxy) is 2. The summed E-state index contributed by atoms with van der Waals surface area (Å²) in [4.78, 5) is 4.53. The van der Waals surface area contributed by atoms with Gasteiger partial charge in [0.05, 0.1) is 25.6 Å². The lowest BCUT2D eigenvalue weighted by Gasteiger charge is -2.11. The number of rotatable bonds is 7. The van der Waals surface area contributed by atoms with Crippen LogP contribution in [0.4, 0.5) is 5.13 Å². The molecule has 1 heterocycles. The molecular formula is C19H18ClN3O2S. The number of methoxy groups -OCH3 is 1. The summed E-state index contributed by atoms with van der Waals surface area (Å²) in [6.07, 6.45) is 1.69. The van der Waals surface area contributed by atoms with Crippen LogP contribution in [0.25, 0.3) is 11.3 Å². The standard InChI is InChI=1S/C19H18ClN3O2S/c1-3-25-18-14(5-4-6-17(18)24-2)11-21-23-19-22-16(12-26-19)13-7-9-15(20)10-8-13/h4-12H,3H2,1-2H3,(H,22,23)/b21-11-. The van der Waals surface area contributed by atoms with Crippen molar-refractivity contribution in [2.75, 3.05) is 19.1 Å². The van der Waals surface area contributed by atoms with Gasteiger partial charge in [0.2, 0.25) is 5.13 Å². The third kappa shape index (κ3) is 4.33. The molecule has 0 atom stereocenters. The topological polar surface area (TPSA) is 55.7 Å². The number of para-hydroxylation sites is 1. The van der Waals surface area contributed by atoms with Gasteiger partial charge in [0.15, 0.2) is 11.5 Å². The molecule has 0 aliphatic heterocycles. The molecular weight excluding hydrogens is 370 g/mol. The maximum atomic E-state index is 5.92. The van der Waals surface area contributed by atoms with E-state index < -0.39 is 0 Å². The van der Waals surface area contributed by atoms with Crippen LogP contribution in [-0.2, 0) is 0 Å². The fourth-order valence-corrected chi connectivity index (χ4v) is 3.12. The van der Waals surface area contributed by atoms with Crippen molar-refractivity contribution >= 4 is 34.3 Å². The molecule has 0 bridgehead atoms. The number of benzene rings is 2. The minimum absolute atomic E-state index is 0.547. The summed E-state index contributed by atoms with van der Waals surface area (Å²) in [5.74, 6) is 1.35. The van der Waals surface area contributed by atoms with Crippen LogP contribution in [0.15, 0.2) is 52.9 Å². The molecule has 3 rings (SSSR count). The molecule has 0 radical (unpaired) electrons. The molecule has 0 aliphatic rings. The zero-order valence-corrected chi connectivity index (χ0v) is 16.0. The average Bonchev–Trinajstić information content (AvgIpc) is 3.12. The van der Waals surface area contributed by atoms with E-state index in [1.807, 2.05) is 54.8 Å². The first-order valence-corrected chi connectivity index (χ1v) is 9.27. The molecule has 0 amide bonds. The number of anilines is 1. The first-order valence-electron chi connectivity index (χ1n) is 8.01. The van der Waals surface area contributed by atoms with Crippen molar-refractivity contribution in [1.82, 2.24) is 4.98 Å². The Hall–Kier alpha value is -2.57. The highest BCUT2D eigenvalue weighted by Crippen LogP contribution is 2.30. The number of halogens is 1. The molecule has 0 aliphatic carbocycles. The number of nitrogens with zero attached hydrogens (tertiary/aromatic N) is 2. The molecule has 2 aromatic carbocycles. The Bertz CT molecular complexity index is 894. The third-order valence-electron chi connectivity index (χ3n) is 3.53. The van der Waals surface area contributed by atoms with Crippen molar-refractivity contribution in [2.24, 2.45) is 5.10 Å². The Balaban J connectivity index is 1.72. The van der Waals surface area contributed by atoms with E-state index in [-0.39, 0.29) is 0 Å². The Morgan fingerprint density at radius 3 is 2.77 bits per heavy atom. The van der Waals surface area contributed by atoms with E-state index in [0.717, 1.165) is 16.8 Å². The SMILES string of the molecule is CCOc1c(/C=N\Nc2nc(-c3ccc(Cl)cc3)cs2)cccc1OC. The maximum Gasteiger partial charge on any atom is 0.203 e. The monoisotopic (exact) mass is 387 g/mol. The number of hydrogen-bond donors (Lipinski definition) is 1. The molecule has 0 saturated carbocycles. The highest BCUT2D eigenvalue weighted by Gasteiger charge is 2.08. The number of hydrazone groups is 1. The van der Waals surface area contributed by atoms with Crippen LogP contribution >= 0.6 is 22.9 Å². The maximum absolute atomic E-state index is 5.92. The van der Waals surface area contributed by atoms with Gasteiger partial charge < -0.3 is 9.47 Å². The van der Waals surface area contributed by atoms with Crippen molar-refractivity contribution in [2.45, 2.75) is 6.92 Å². The highest BCUT2D eigenvalue weighted by molar-refractivity contribution is 7.14. The van der Waals surface area contributed by atoms with Crippen LogP contribution in [0.5, 0.6) is 11.5 Å². The Morgan fingerprint density at radius 2 is 2.04 bits per heavy atom. The van der Waals surface area contributed by atoms with Gasteiger partial charge >= 0.3 is 0 Å². The van der Waals surface area contributed by atoms with Gasteiger partial charge in [0, 0.05) is 21.5 Å². The molecule has 0 fully saturated rings.